The van der Waals surface area contributed by atoms with Gasteiger partial charge in [-0.1, -0.05) is 0 Å². The highest BCUT2D eigenvalue weighted by molar-refractivity contribution is 5.67. The van der Waals surface area contributed by atoms with E-state index in [0.29, 0.717) is 31.4 Å². The van der Waals surface area contributed by atoms with Crippen LogP contribution in [0.2, 0.25) is 0 Å². The Bertz CT molecular complexity index is 574. The number of hydrogen-bond donors (Lipinski definition) is 1. The summed E-state index contributed by atoms with van der Waals surface area (Å²) in [6, 6.07) is 2.46. The zero-order chi connectivity index (χ0) is 18.7. The normalized spacial score (nSPS) is 16.6. The van der Waals surface area contributed by atoms with E-state index in [9.17, 15) is 18.0 Å². The molecule has 0 radical (unpaired) electrons. The number of rotatable bonds is 3. The molecule has 1 fully saturated rings. The van der Waals surface area contributed by atoms with Gasteiger partial charge in [0, 0.05) is 25.8 Å². The second-order valence-corrected chi connectivity index (χ2v) is 7.22. The van der Waals surface area contributed by atoms with Crippen LogP contribution in [0.5, 0.6) is 0 Å². The monoisotopic (exact) mass is 359 g/mol. The number of alkyl halides is 3. The number of pyridine rings is 1. The fraction of sp³-hybridized carbons (Fsp3) is 0.647. The molecule has 5 nitrogen and oxygen atoms in total. The van der Waals surface area contributed by atoms with Crippen LogP contribution in [0.1, 0.15) is 39.2 Å². The number of alkyl carbamates (subject to hydrolysis) is 1. The van der Waals surface area contributed by atoms with Gasteiger partial charge in [0.1, 0.15) is 11.4 Å². The molecule has 0 atom stereocenters. The quantitative estimate of drug-likeness (QED) is 0.891. The first-order valence-electron chi connectivity index (χ1n) is 8.29. The average Bonchev–Trinajstić information content (AvgIpc) is 2.51. The zero-order valence-electron chi connectivity index (χ0n) is 14.7. The number of anilines is 1. The molecular formula is C17H24F3N3O2. The Morgan fingerprint density at radius 3 is 2.40 bits per heavy atom. The summed E-state index contributed by atoms with van der Waals surface area (Å²) in [6.07, 6.45) is -2.27. The van der Waals surface area contributed by atoms with Gasteiger partial charge in [-0.2, -0.15) is 13.2 Å². The first-order valence-corrected chi connectivity index (χ1v) is 8.29. The van der Waals surface area contributed by atoms with Crippen molar-refractivity contribution in [3.05, 3.63) is 23.9 Å². The van der Waals surface area contributed by atoms with Crippen molar-refractivity contribution in [1.29, 1.82) is 0 Å². The maximum atomic E-state index is 12.6. The van der Waals surface area contributed by atoms with Gasteiger partial charge < -0.3 is 15.0 Å². The number of carbonyl (C=O) groups excluding carboxylic acids is 1. The van der Waals surface area contributed by atoms with Gasteiger partial charge >= 0.3 is 12.3 Å². The lowest BCUT2D eigenvalue weighted by molar-refractivity contribution is -0.137. The van der Waals surface area contributed by atoms with E-state index in [4.69, 9.17) is 4.74 Å². The second kappa shape index (κ2) is 7.49. The maximum absolute atomic E-state index is 12.6. The lowest BCUT2D eigenvalue weighted by atomic mass is 9.97. The molecule has 0 spiro atoms. The summed E-state index contributed by atoms with van der Waals surface area (Å²) in [4.78, 5) is 17.5. The molecule has 1 aromatic heterocycles. The number of aromatic nitrogens is 1. The molecule has 1 aliphatic heterocycles. The number of nitrogens with zero attached hydrogens (tertiary/aromatic N) is 2. The highest BCUT2D eigenvalue weighted by Crippen LogP contribution is 2.30. The van der Waals surface area contributed by atoms with Crippen LogP contribution in [0.4, 0.5) is 23.8 Å². The summed E-state index contributed by atoms with van der Waals surface area (Å²) in [5, 5.41) is 2.77. The summed E-state index contributed by atoms with van der Waals surface area (Å²) in [6.45, 7) is 7.34. The standard InChI is InChI=1S/C17H24F3N3O2/c1-16(2,3)25-15(24)22-10-12-6-8-23(9-7-12)14-5-4-13(11-21-14)17(18,19)20/h4-5,11-12H,6-10H2,1-3H3,(H,22,24). The van der Waals surface area contributed by atoms with Crippen molar-refractivity contribution in [3.63, 3.8) is 0 Å². The molecule has 1 aromatic rings. The molecular weight excluding hydrogens is 335 g/mol. The van der Waals surface area contributed by atoms with Gasteiger partial charge in [-0.05, 0) is 51.7 Å². The minimum atomic E-state index is -4.37. The maximum Gasteiger partial charge on any atom is 0.417 e. The Balaban J connectivity index is 1.79. The summed E-state index contributed by atoms with van der Waals surface area (Å²) in [5.41, 5.74) is -1.27. The van der Waals surface area contributed by atoms with Crippen molar-refractivity contribution in [1.82, 2.24) is 10.3 Å². The van der Waals surface area contributed by atoms with E-state index in [2.05, 4.69) is 10.3 Å². The van der Waals surface area contributed by atoms with Crippen molar-refractivity contribution in [2.75, 3.05) is 24.5 Å². The third-order valence-corrected chi connectivity index (χ3v) is 3.95. The van der Waals surface area contributed by atoms with E-state index in [1.165, 1.54) is 6.07 Å². The van der Waals surface area contributed by atoms with Crippen molar-refractivity contribution >= 4 is 11.9 Å². The van der Waals surface area contributed by atoms with Crippen LogP contribution in [0.25, 0.3) is 0 Å². The molecule has 2 rings (SSSR count). The molecule has 1 amide bonds. The van der Waals surface area contributed by atoms with E-state index in [0.717, 1.165) is 25.1 Å². The number of ether oxygens (including phenoxy) is 1. The number of carbonyl (C=O) groups is 1. The van der Waals surface area contributed by atoms with Crippen molar-refractivity contribution in [3.8, 4) is 0 Å². The zero-order valence-corrected chi connectivity index (χ0v) is 14.7. The van der Waals surface area contributed by atoms with Gasteiger partial charge in [-0.3, -0.25) is 0 Å². The summed E-state index contributed by atoms with van der Waals surface area (Å²) in [7, 11) is 0. The number of piperidine rings is 1. The van der Waals surface area contributed by atoms with E-state index < -0.39 is 23.4 Å². The molecule has 25 heavy (non-hydrogen) atoms. The Kier molecular flexibility index (Phi) is 5.80. The number of nitrogens with one attached hydrogen (secondary N) is 1. The minimum Gasteiger partial charge on any atom is -0.444 e. The van der Waals surface area contributed by atoms with Crippen LogP contribution in [-0.2, 0) is 10.9 Å². The SMILES string of the molecule is CC(C)(C)OC(=O)NCC1CCN(c2ccc(C(F)(F)F)cn2)CC1. The molecule has 140 valence electrons. The van der Waals surface area contributed by atoms with Crippen LogP contribution in [0.15, 0.2) is 18.3 Å². The van der Waals surface area contributed by atoms with Gasteiger partial charge in [0.25, 0.3) is 0 Å². The smallest absolute Gasteiger partial charge is 0.417 e. The summed E-state index contributed by atoms with van der Waals surface area (Å²) >= 11 is 0. The Hall–Kier alpha value is -1.99. The molecule has 1 saturated heterocycles. The number of halogens is 3. The molecule has 0 unspecified atom stereocenters. The van der Waals surface area contributed by atoms with Crippen LogP contribution in [0, 0.1) is 5.92 Å². The minimum absolute atomic E-state index is 0.318. The highest BCUT2D eigenvalue weighted by atomic mass is 19.4. The topological polar surface area (TPSA) is 54.5 Å². The molecule has 1 N–H and O–H groups in total. The van der Waals surface area contributed by atoms with E-state index >= 15 is 0 Å². The molecule has 0 saturated carbocycles. The Labute approximate surface area is 145 Å². The van der Waals surface area contributed by atoms with E-state index in [-0.39, 0.29) is 0 Å². The second-order valence-electron chi connectivity index (χ2n) is 7.22. The molecule has 8 heteroatoms. The molecule has 0 bridgehead atoms. The fourth-order valence-corrected chi connectivity index (χ4v) is 2.65. The fourth-order valence-electron chi connectivity index (χ4n) is 2.65. The summed E-state index contributed by atoms with van der Waals surface area (Å²) < 4.78 is 42.9. The van der Waals surface area contributed by atoms with E-state index in [1.54, 1.807) is 0 Å². The predicted molar refractivity (Wildman–Crippen MR) is 88.4 cm³/mol. The largest absolute Gasteiger partial charge is 0.444 e. The van der Waals surface area contributed by atoms with Gasteiger partial charge in [0.15, 0.2) is 0 Å². The molecule has 1 aliphatic rings. The van der Waals surface area contributed by atoms with Crippen molar-refractivity contribution in [2.45, 2.75) is 45.4 Å². The van der Waals surface area contributed by atoms with E-state index in [1.807, 2.05) is 25.7 Å². The van der Waals surface area contributed by atoms with Crippen molar-refractivity contribution in [2.24, 2.45) is 5.92 Å². The third-order valence-electron chi connectivity index (χ3n) is 3.95. The van der Waals surface area contributed by atoms with Gasteiger partial charge in [-0.25, -0.2) is 9.78 Å². The molecule has 0 aliphatic carbocycles. The Morgan fingerprint density at radius 2 is 1.92 bits per heavy atom. The van der Waals surface area contributed by atoms with Crippen LogP contribution in [0.3, 0.4) is 0 Å². The van der Waals surface area contributed by atoms with Gasteiger partial charge in [-0.15, -0.1) is 0 Å². The molecule has 2 heterocycles. The third kappa shape index (κ3) is 6.10. The highest BCUT2D eigenvalue weighted by Gasteiger charge is 2.31. The predicted octanol–water partition coefficient (Wildman–Crippen LogP) is 3.84. The first kappa shape index (κ1) is 19.3. The van der Waals surface area contributed by atoms with Gasteiger partial charge in [0.05, 0.1) is 5.56 Å². The summed E-state index contributed by atoms with van der Waals surface area (Å²) in [5.74, 6) is 0.866. The lowest BCUT2D eigenvalue weighted by Crippen LogP contribution is -2.40. The number of amides is 1. The van der Waals surface area contributed by atoms with Crippen molar-refractivity contribution < 1.29 is 22.7 Å². The van der Waals surface area contributed by atoms with Crippen LogP contribution in [-0.4, -0.2) is 36.3 Å². The van der Waals surface area contributed by atoms with Gasteiger partial charge in [0.2, 0.25) is 0 Å². The van der Waals surface area contributed by atoms with Crippen LogP contribution >= 0.6 is 0 Å². The number of hydrogen-bond acceptors (Lipinski definition) is 4. The first-order chi connectivity index (χ1) is 11.5. The lowest BCUT2D eigenvalue weighted by Gasteiger charge is -2.33. The van der Waals surface area contributed by atoms with Crippen LogP contribution < -0.4 is 10.2 Å². The Morgan fingerprint density at radius 1 is 1.28 bits per heavy atom. The average molecular weight is 359 g/mol. The molecule has 0 aromatic carbocycles.